The smallest absolute Gasteiger partial charge is 0.276 e. The van der Waals surface area contributed by atoms with Crippen molar-refractivity contribution in [1.29, 1.82) is 0 Å². The Hall–Kier alpha value is -1.47. The maximum absolute atomic E-state index is 12.1. The maximum Gasteiger partial charge on any atom is 0.276 e. The molecule has 1 aromatic heterocycles. The summed E-state index contributed by atoms with van der Waals surface area (Å²) in [6.45, 7) is 3.94. The largest absolute Gasteiger partial charge is 0.395 e. The summed E-state index contributed by atoms with van der Waals surface area (Å²) < 4.78 is 1.55. The van der Waals surface area contributed by atoms with Gasteiger partial charge in [0.25, 0.3) is 5.91 Å². The number of aliphatic hydroxyl groups is 1. The van der Waals surface area contributed by atoms with E-state index in [4.69, 9.17) is 10.8 Å². The first-order chi connectivity index (χ1) is 8.72. The van der Waals surface area contributed by atoms with Crippen LogP contribution in [0, 0.1) is 0 Å². The lowest BCUT2D eigenvalue weighted by molar-refractivity contribution is 0.0713. The van der Waals surface area contributed by atoms with Crippen LogP contribution < -0.4 is 5.73 Å². The Labute approximate surface area is 107 Å². The molecule has 0 saturated heterocycles. The van der Waals surface area contributed by atoms with E-state index in [1.807, 2.05) is 0 Å². The molecule has 1 amide bonds. The summed E-state index contributed by atoms with van der Waals surface area (Å²) in [6.07, 6.45) is 3.49. The molecule has 0 spiro atoms. The Kier molecular flexibility index (Phi) is 6.31. The number of amides is 1. The molecule has 0 bridgehead atoms. The number of rotatable bonds is 8. The Bertz CT molecular complexity index is 366. The Morgan fingerprint density at radius 1 is 1.56 bits per heavy atom. The second-order valence-corrected chi connectivity index (χ2v) is 4.02. The lowest BCUT2D eigenvalue weighted by Gasteiger charge is -2.19. The van der Waals surface area contributed by atoms with Gasteiger partial charge in [0.1, 0.15) is 0 Å². The van der Waals surface area contributed by atoms with E-state index in [0.29, 0.717) is 31.9 Å². The fourth-order valence-corrected chi connectivity index (χ4v) is 1.58. The molecule has 1 heterocycles. The number of carbonyl (C=O) groups is 1. The third-order valence-corrected chi connectivity index (χ3v) is 2.55. The maximum atomic E-state index is 12.1. The van der Waals surface area contributed by atoms with Gasteiger partial charge in [-0.3, -0.25) is 9.48 Å². The van der Waals surface area contributed by atoms with Crippen molar-refractivity contribution in [2.24, 2.45) is 5.73 Å². The third kappa shape index (κ3) is 4.08. The van der Waals surface area contributed by atoms with Crippen molar-refractivity contribution >= 4 is 5.91 Å². The van der Waals surface area contributed by atoms with Gasteiger partial charge in [0.15, 0.2) is 5.69 Å². The van der Waals surface area contributed by atoms with Crippen molar-refractivity contribution in [1.82, 2.24) is 19.9 Å². The predicted octanol–water partition coefficient (Wildman–Crippen LogP) is -0.529. The van der Waals surface area contributed by atoms with Gasteiger partial charge in [0, 0.05) is 19.6 Å². The van der Waals surface area contributed by atoms with E-state index in [0.717, 1.165) is 12.8 Å². The lowest BCUT2D eigenvalue weighted by atomic mass is 10.3. The zero-order chi connectivity index (χ0) is 13.4. The van der Waals surface area contributed by atoms with Gasteiger partial charge in [0.05, 0.1) is 19.3 Å². The van der Waals surface area contributed by atoms with Gasteiger partial charge < -0.3 is 15.7 Å². The second-order valence-electron chi connectivity index (χ2n) is 4.02. The fraction of sp³-hybridized carbons (Fsp3) is 0.727. The van der Waals surface area contributed by atoms with Crippen LogP contribution in [0.2, 0.25) is 0 Å². The summed E-state index contributed by atoms with van der Waals surface area (Å²) in [5, 5.41) is 16.6. The lowest BCUT2D eigenvalue weighted by Crippen LogP contribution is -2.34. The number of hydrogen-bond acceptors (Lipinski definition) is 5. The number of nitrogens with zero attached hydrogens (tertiary/aromatic N) is 4. The van der Waals surface area contributed by atoms with Crippen LogP contribution in [0.15, 0.2) is 6.20 Å². The Balaban J connectivity index is 2.67. The summed E-state index contributed by atoms with van der Waals surface area (Å²) in [4.78, 5) is 13.7. The summed E-state index contributed by atoms with van der Waals surface area (Å²) in [5.41, 5.74) is 5.70. The second kappa shape index (κ2) is 7.78. The van der Waals surface area contributed by atoms with Crippen molar-refractivity contribution < 1.29 is 9.90 Å². The normalized spacial score (nSPS) is 10.6. The van der Waals surface area contributed by atoms with E-state index in [2.05, 4.69) is 17.2 Å². The van der Waals surface area contributed by atoms with E-state index >= 15 is 0 Å². The van der Waals surface area contributed by atoms with E-state index in [-0.39, 0.29) is 12.5 Å². The minimum absolute atomic E-state index is 0.0492. The van der Waals surface area contributed by atoms with Gasteiger partial charge >= 0.3 is 0 Å². The highest BCUT2D eigenvalue weighted by Crippen LogP contribution is 2.03. The van der Waals surface area contributed by atoms with E-state index in [1.165, 1.54) is 0 Å². The zero-order valence-electron chi connectivity index (χ0n) is 10.7. The molecule has 0 aliphatic rings. The molecule has 0 atom stereocenters. The molecule has 0 saturated carbocycles. The Morgan fingerprint density at radius 3 is 2.94 bits per heavy atom. The SMILES string of the molecule is CCCCN(CCO)C(=O)c1cn(CCN)nn1. The number of nitrogens with two attached hydrogens (primary N) is 1. The molecule has 7 nitrogen and oxygen atoms in total. The van der Waals surface area contributed by atoms with E-state index in [1.54, 1.807) is 15.8 Å². The summed E-state index contributed by atoms with van der Waals surface area (Å²) in [7, 11) is 0. The molecular formula is C11H21N5O2. The molecule has 0 radical (unpaired) electrons. The van der Waals surface area contributed by atoms with Gasteiger partial charge in [-0.1, -0.05) is 18.6 Å². The highest BCUT2D eigenvalue weighted by molar-refractivity contribution is 5.91. The summed E-state index contributed by atoms with van der Waals surface area (Å²) in [6, 6.07) is 0. The van der Waals surface area contributed by atoms with Crippen LogP contribution in [0.3, 0.4) is 0 Å². The molecule has 0 unspecified atom stereocenters. The number of carbonyl (C=O) groups excluding carboxylic acids is 1. The first kappa shape index (κ1) is 14.6. The van der Waals surface area contributed by atoms with Crippen molar-refractivity contribution in [3.63, 3.8) is 0 Å². The molecule has 7 heteroatoms. The van der Waals surface area contributed by atoms with E-state index in [9.17, 15) is 4.79 Å². The van der Waals surface area contributed by atoms with E-state index < -0.39 is 0 Å². The highest BCUT2D eigenvalue weighted by atomic mass is 16.3. The molecule has 1 aromatic rings. The number of aromatic nitrogens is 3. The van der Waals surface area contributed by atoms with Crippen LogP contribution in [0.5, 0.6) is 0 Å². The van der Waals surface area contributed by atoms with Gasteiger partial charge in [-0.25, -0.2) is 0 Å². The minimum atomic E-state index is -0.194. The molecule has 18 heavy (non-hydrogen) atoms. The van der Waals surface area contributed by atoms with Crippen LogP contribution in [-0.4, -0.2) is 57.1 Å². The average Bonchev–Trinajstić information content (AvgIpc) is 2.83. The zero-order valence-corrected chi connectivity index (χ0v) is 10.7. The summed E-state index contributed by atoms with van der Waals surface area (Å²) >= 11 is 0. The predicted molar refractivity (Wildman–Crippen MR) is 67.0 cm³/mol. The van der Waals surface area contributed by atoms with Gasteiger partial charge in [-0.05, 0) is 6.42 Å². The summed E-state index contributed by atoms with van der Waals surface area (Å²) in [5.74, 6) is -0.194. The number of unbranched alkanes of at least 4 members (excludes halogenated alkanes) is 1. The number of aliphatic hydroxyl groups excluding tert-OH is 1. The minimum Gasteiger partial charge on any atom is -0.395 e. The van der Waals surface area contributed by atoms with Crippen molar-refractivity contribution in [2.45, 2.75) is 26.3 Å². The molecule has 0 aliphatic carbocycles. The first-order valence-corrected chi connectivity index (χ1v) is 6.23. The number of hydrogen-bond donors (Lipinski definition) is 2. The molecule has 0 aliphatic heterocycles. The highest BCUT2D eigenvalue weighted by Gasteiger charge is 2.18. The van der Waals surface area contributed by atoms with Crippen LogP contribution in [0.25, 0.3) is 0 Å². The molecule has 0 aromatic carbocycles. The van der Waals surface area contributed by atoms with Crippen molar-refractivity contribution in [2.75, 3.05) is 26.2 Å². The first-order valence-electron chi connectivity index (χ1n) is 6.23. The molecule has 1 rings (SSSR count). The Morgan fingerprint density at radius 2 is 2.33 bits per heavy atom. The monoisotopic (exact) mass is 255 g/mol. The molecule has 102 valence electrons. The fourth-order valence-electron chi connectivity index (χ4n) is 1.58. The van der Waals surface area contributed by atoms with Crippen LogP contribution >= 0.6 is 0 Å². The topological polar surface area (TPSA) is 97.3 Å². The van der Waals surface area contributed by atoms with Crippen LogP contribution in [0.1, 0.15) is 30.3 Å². The molecular weight excluding hydrogens is 234 g/mol. The van der Waals surface area contributed by atoms with Gasteiger partial charge in [-0.2, -0.15) is 0 Å². The molecule has 0 fully saturated rings. The van der Waals surface area contributed by atoms with Crippen molar-refractivity contribution in [3.8, 4) is 0 Å². The van der Waals surface area contributed by atoms with Crippen LogP contribution in [-0.2, 0) is 6.54 Å². The van der Waals surface area contributed by atoms with Crippen LogP contribution in [0.4, 0.5) is 0 Å². The standard InChI is InChI=1S/C11H21N5O2/c1-2-3-5-15(7-8-17)11(18)10-9-16(6-4-12)14-13-10/h9,17H,2-8,12H2,1H3. The van der Waals surface area contributed by atoms with Crippen molar-refractivity contribution in [3.05, 3.63) is 11.9 Å². The molecule has 3 N–H and O–H groups in total. The van der Waals surface area contributed by atoms with Gasteiger partial charge in [0.2, 0.25) is 0 Å². The third-order valence-electron chi connectivity index (χ3n) is 2.55. The quantitative estimate of drug-likeness (QED) is 0.651. The average molecular weight is 255 g/mol. The van der Waals surface area contributed by atoms with Gasteiger partial charge in [-0.15, -0.1) is 5.10 Å².